The van der Waals surface area contributed by atoms with Crippen molar-refractivity contribution in [2.75, 3.05) is 5.32 Å². The van der Waals surface area contributed by atoms with Crippen molar-refractivity contribution in [1.82, 2.24) is 9.88 Å². The second-order valence-electron chi connectivity index (χ2n) is 9.32. The number of para-hydroxylation sites is 1. The van der Waals surface area contributed by atoms with Crippen LogP contribution in [0.25, 0.3) is 0 Å². The van der Waals surface area contributed by atoms with E-state index in [2.05, 4.69) is 31.4 Å². The van der Waals surface area contributed by atoms with Crippen molar-refractivity contribution >= 4 is 23.3 Å². The molecule has 1 atom stereocenters. The lowest BCUT2D eigenvalue weighted by atomic mass is 9.75. The molecule has 2 N–H and O–H groups in total. The fourth-order valence-corrected chi connectivity index (χ4v) is 4.48. The van der Waals surface area contributed by atoms with E-state index in [0.717, 1.165) is 25.0 Å². The topological polar surface area (TPSA) is 80.2 Å². The second kappa shape index (κ2) is 9.08. The molecule has 2 amide bonds. The monoisotopic (exact) mass is 423 g/mol. The smallest absolute Gasteiger partial charge is 0.268 e. The molecule has 0 spiro atoms. The predicted octanol–water partition coefficient (Wildman–Crippen LogP) is 4.42. The highest BCUT2D eigenvalue weighted by Gasteiger charge is 2.37. The highest BCUT2D eigenvalue weighted by Crippen LogP contribution is 2.38. The van der Waals surface area contributed by atoms with Crippen LogP contribution in [-0.2, 0) is 18.3 Å². The molecule has 0 radical (unpaired) electrons. The zero-order valence-electron chi connectivity index (χ0n) is 19.2. The summed E-state index contributed by atoms with van der Waals surface area (Å²) in [7, 11) is 1.83. The summed E-state index contributed by atoms with van der Waals surface area (Å²) in [5.74, 6) is -0.464. The van der Waals surface area contributed by atoms with E-state index >= 15 is 0 Å². The highest BCUT2D eigenvalue weighted by molar-refractivity contribution is 6.06. The van der Waals surface area contributed by atoms with Gasteiger partial charge < -0.3 is 15.2 Å². The van der Waals surface area contributed by atoms with E-state index in [1.54, 1.807) is 0 Å². The van der Waals surface area contributed by atoms with E-state index in [-0.39, 0.29) is 23.0 Å². The number of nitrogens with zero attached hydrogens (tertiary/aromatic N) is 1. The summed E-state index contributed by atoms with van der Waals surface area (Å²) in [5, 5.41) is 5.82. The number of hydrogen-bond acceptors (Lipinski definition) is 3. The summed E-state index contributed by atoms with van der Waals surface area (Å²) >= 11 is 0. The van der Waals surface area contributed by atoms with Crippen LogP contribution in [0.15, 0.2) is 30.3 Å². The molecule has 31 heavy (non-hydrogen) atoms. The Hall–Kier alpha value is -2.89. The molecule has 0 bridgehead atoms. The Morgan fingerprint density at radius 2 is 1.84 bits per heavy atom. The van der Waals surface area contributed by atoms with Gasteiger partial charge >= 0.3 is 0 Å². The highest BCUT2D eigenvalue weighted by atomic mass is 16.2. The Morgan fingerprint density at radius 1 is 1.16 bits per heavy atom. The lowest BCUT2D eigenvalue weighted by Gasteiger charge is -2.29. The molecule has 1 aromatic heterocycles. The third-order valence-electron chi connectivity index (χ3n) is 6.05. The number of unbranched alkanes of at least 4 members (excludes halogenated alkanes) is 1. The van der Waals surface area contributed by atoms with Crippen molar-refractivity contribution in [3.63, 3.8) is 0 Å². The average molecular weight is 424 g/mol. The normalized spacial score (nSPS) is 15.8. The molecule has 3 rings (SSSR count). The molecule has 1 aromatic carbocycles. The van der Waals surface area contributed by atoms with Crippen molar-refractivity contribution < 1.29 is 14.4 Å². The van der Waals surface area contributed by atoms with Crippen molar-refractivity contribution in [1.29, 1.82) is 0 Å². The van der Waals surface area contributed by atoms with Crippen molar-refractivity contribution in [3.8, 4) is 0 Å². The molecule has 6 heteroatoms. The van der Waals surface area contributed by atoms with Gasteiger partial charge in [0.15, 0.2) is 5.78 Å². The van der Waals surface area contributed by atoms with Gasteiger partial charge in [-0.15, -0.1) is 0 Å². The molecule has 1 heterocycles. The number of Topliss-reactive ketones (excluding diaryl/α,β-unsaturated/α-hetero) is 1. The van der Waals surface area contributed by atoms with E-state index in [1.807, 2.05) is 48.9 Å². The molecule has 0 fully saturated rings. The number of nitrogens with one attached hydrogen (secondary N) is 2. The van der Waals surface area contributed by atoms with E-state index < -0.39 is 6.04 Å². The standard InChI is InChI=1S/C25H33N3O3/c1-6-7-13-18(23(30)26-17-11-9-8-10-12-17)27-24(31)22-16(2)21-19(28(22)5)14-25(3,4)15-20(21)29/h8-12,18H,6-7,13-15H2,1-5H3,(H,26,30)(H,27,31). The summed E-state index contributed by atoms with van der Waals surface area (Å²) in [6.45, 7) is 8.03. The van der Waals surface area contributed by atoms with Gasteiger partial charge in [0.2, 0.25) is 5.91 Å². The second-order valence-corrected chi connectivity index (χ2v) is 9.32. The number of carbonyl (C=O) groups excluding carboxylic acids is 3. The first kappa shape index (κ1) is 22.8. The van der Waals surface area contributed by atoms with Crippen LogP contribution in [0.3, 0.4) is 0 Å². The number of benzene rings is 1. The Kier molecular flexibility index (Phi) is 6.68. The van der Waals surface area contributed by atoms with Crippen molar-refractivity contribution in [3.05, 3.63) is 52.8 Å². The van der Waals surface area contributed by atoms with Crippen LogP contribution < -0.4 is 10.6 Å². The number of rotatable bonds is 7. The van der Waals surface area contributed by atoms with Crippen LogP contribution >= 0.6 is 0 Å². The van der Waals surface area contributed by atoms with Gasteiger partial charge in [-0.25, -0.2) is 0 Å². The lowest BCUT2D eigenvalue weighted by molar-refractivity contribution is -0.118. The van der Waals surface area contributed by atoms with Crippen LogP contribution in [-0.4, -0.2) is 28.2 Å². The Balaban J connectivity index is 1.85. The van der Waals surface area contributed by atoms with Crippen LogP contribution in [0.1, 0.15) is 78.6 Å². The zero-order chi connectivity index (χ0) is 22.8. The van der Waals surface area contributed by atoms with Crippen molar-refractivity contribution in [2.45, 2.75) is 65.8 Å². The molecule has 166 valence electrons. The van der Waals surface area contributed by atoms with Gasteiger partial charge in [-0.2, -0.15) is 0 Å². The summed E-state index contributed by atoms with van der Waals surface area (Å²) in [5.41, 5.74) is 3.31. The molecule has 0 saturated carbocycles. The number of aromatic nitrogens is 1. The summed E-state index contributed by atoms with van der Waals surface area (Å²) in [6, 6.07) is 8.58. The van der Waals surface area contributed by atoms with E-state index in [4.69, 9.17) is 0 Å². The summed E-state index contributed by atoms with van der Waals surface area (Å²) in [6.07, 6.45) is 3.52. The van der Waals surface area contributed by atoms with Crippen LogP contribution in [0.5, 0.6) is 0 Å². The fourth-order valence-electron chi connectivity index (χ4n) is 4.48. The van der Waals surface area contributed by atoms with Crippen LogP contribution in [0, 0.1) is 12.3 Å². The zero-order valence-corrected chi connectivity index (χ0v) is 19.2. The largest absolute Gasteiger partial charge is 0.343 e. The maximum atomic E-state index is 13.3. The van der Waals surface area contributed by atoms with E-state index in [1.165, 1.54) is 0 Å². The Bertz CT molecular complexity index is 989. The van der Waals surface area contributed by atoms with Gasteiger partial charge in [-0.05, 0) is 42.9 Å². The van der Waals surface area contributed by atoms with Gasteiger partial charge in [0.25, 0.3) is 5.91 Å². The molecular formula is C25H33N3O3. The minimum atomic E-state index is -0.647. The number of amides is 2. The minimum absolute atomic E-state index is 0.0859. The number of anilines is 1. The number of carbonyl (C=O) groups is 3. The molecule has 1 aliphatic rings. The van der Waals surface area contributed by atoms with Gasteiger partial charge in [-0.1, -0.05) is 51.8 Å². The molecular weight excluding hydrogens is 390 g/mol. The van der Waals surface area contributed by atoms with Gasteiger partial charge in [0.05, 0.1) is 0 Å². The first-order valence-corrected chi connectivity index (χ1v) is 11.0. The van der Waals surface area contributed by atoms with Crippen LogP contribution in [0.2, 0.25) is 0 Å². The first-order chi connectivity index (χ1) is 14.6. The number of ketones is 1. The maximum Gasteiger partial charge on any atom is 0.268 e. The summed E-state index contributed by atoms with van der Waals surface area (Å²) < 4.78 is 1.84. The predicted molar refractivity (Wildman–Crippen MR) is 122 cm³/mol. The molecule has 6 nitrogen and oxygen atoms in total. The van der Waals surface area contributed by atoms with E-state index in [9.17, 15) is 14.4 Å². The molecule has 1 aliphatic carbocycles. The molecule has 0 aliphatic heterocycles. The Labute approximate surface area is 184 Å². The molecule has 1 unspecified atom stereocenters. The minimum Gasteiger partial charge on any atom is -0.343 e. The number of hydrogen-bond donors (Lipinski definition) is 2. The van der Waals surface area contributed by atoms with Gasteiger partial charge in [0, 0.05) is 30.4 Å². The third kappa shape index (κ3) is 4.89. The molecule has 0 saturated heterocycles. The SMILES string of the molecule is CCCCC(NC(=O)c1c(C)c2c(n1C)CC(C)(C)CC2=O)C(=O)Nc1ccccc1. The lowest BCUT2D eigenvalue weighted by Crippen LogP contribution is -2.44. The quantitative estimate of drug-likeness (QED) is 0.692. The first-order valence-electron chi connectivity index (χ1n) is 11.0. The van der Waals surface area contributed by atoms with Crippen LogP contribution in [0.4, 0.5) is 5.69 Å². The summed E-state index contributed by atoms with van der Waals surface area (Å²) in [4.78, 5) is 39.0. The third-order valence-corrected chi connectivity index (χ3v) is 6.05. The van der Waals surface area contributed by atoms with E-state index in [0.29, 0.717) is 35.3 Å². The Morgan fingerprint density at radius 3 is 2.48 bits per heavy atom. The van der Waals surface area contributed by atoms with Gasteiger partial charge in [0.1, 0.15) is 11.7 Å². The average Bonchev–Trinajstić information content (AvgIpc) is 2.94. The fraction of sp³-hybridized carbons (Fsp3) is 0.480. The maximum absolute atomic E-state index is 13.3. The number of fused-ring (bicyclic) bond motifs is 1. The van der Waals surface area contributed by atoms with Gasteiger partial charge in [-0.3, -0.25) is 14.4 Å². The molecule has 2 aromatic rings. The van der Waals surface area contributed by atoms with Crippen molar-refractivity contribution in [2.24, 2.45) is 12.5 Å².